The largest absolute Gasteiger partial charge is 0.478 e. The van der Waals surface area contributed by atoms with Crippen LogP contribution in [0.25, 0.3) is 0 Å². The van der Waals surface area contributed by atoms with E-state index in [9.17, 15) is 4.79 Å². The molecule has 0 bridgehead atoms. The molecule has 2 rings (SSSR count). The highest BCUT2D eigenvalue weighted by molar-refractivity contribution is 9.10. The predicted molar refractivity (Wildman–Crippen MR) is 73.2 cm³/mol. The van der Waals surface area contributed by atoms with Crippen LogP contribution in [0.5, 0.6) is 0 Å². The van der Waals surface area contributed by atoms with Crippen LogP contribution in [-0.2, 0) is 6.42 Å². The molecule has 0 unspecified atom stereocenters. The number of nitrogens with zero attached hydrogens (tertiary/aromatic N) is 1. The molecule has 0 saturated carbocycles. The molecule has 0 saturated heterocycles. The van der Waals surface area contributed by atoms with E-state index >= 15 is 0 Å². The second-order valence-electron chi connectivity index (χ2n) is 3.77. The summed E-state index contributed by atoms with van der Waals surface area (Å²) in [5.41, 5.74) is 1.89. The summed E-state index contributed by atoms with van der Waals surface area (Å²) in [5.74, 6) is -0.974. The van der Waals surface area contributed by atoms with Gasteiger partial charge in [0.25, 0.3) is 0 Å². The van der Waals surface area contributed by atoms with E-state index < -0.39 is 5.97 Å². The number of hydrogen-bond donors (Lipinski definition) is 1. The van der Waals surface area contributed by atoms with Crippen LogP contribution in [0, 0.1) is 0 Å². The number of benzene rings is 1. The second kappa shape index (κ2) is 5.50. The van der Waals surface area contributed by atoms with Gasteiger partial charge in [-0.2, -0.15) is 0 Å². The Bertz CT molecular complexity index is 584. The number of aromatic carboxylic acids is 1. The highest BCUT2D eigenvalue weighted by atomic mass is 79.9. The average Bonchev–Trinajstić information content (AvgIpc) is 2.34. The van der Waals surface area contributed by atoms with Crippen LogP contribution < -0.4 is 0 Å². The van der Waals surface area contributed by atoms with E-state index in [0.717, 1.165) is 15.7 Å². The van der Waals surface area contributed by atoms with E-state index in [4.69, 9.17) is 16.7 Å². The smallest absolute Gasteiger partial charge is 0.336 e. The van der Waals surface area contributed by atoms with Gasteiger partial charge in [0.2, 0.25) is 0 Å². The molecule has 0 radical (unpaired) electrons. The van der Waals surface area contributed by atoms with Gasteiger partial charge in [0.15, 0.2) is 0 Å². The van der Waals surface area contributed by atoms with Gasteiger partial charge in [-0.3, -0.25) is 0 Å². The first-order valence-corrected chi connectivity index (χ1v) is 6.35. The molecule has 0 spiro atoms. The van der Waals surface area contributed by atoms with E-state index in [1.807, 2.05) is 12.1 Å². The lowest BCUT2D eigenvalue weighted by atomic mass is 10.0. The van der Waals surface area contributed by atoms with Gasteiger partial charge in [-0.1, -0.05) is 23.7 Å². The van der Waals surface area contributed by atoms with Crippen molar-refractivity contribution in [3.63, 3.8) is 0 Å². The lowest BCUT2D eigenvalue weighted by Crippen LogP contribution is -2.03. The molecule has 92 valence electrons. The molecule has 18 heavy (non-hydrogen) atoms. The zero-order valence-corrected chi connectivity index (χ0v) is 11.6. The van der Waals surface area contributed by atoms with E-state index in [0.29, 0.717) is 11.4 Å². The molecular weight excluding hydrogens is 318 g/mol. The van der Waals surface area contributed by atoms with Crippen molar-refractivity contribution in [2.75, 3.05) is 0 Å². The first kappa shape index (κ1) is 13.1. The Balaban J connectivity index is 2.34. The third-order valence-corrected chi connectivity index (χ3v) is 3.19. The number of carbonyl (C=O) groups is 1. The Labute approximate surface area is 118 Å². The van der Waals surface area contributed by atoms with E-state index in [-0.39, 0.29) is 5.56 Å². The minimum absolute atomic E-state index is 0.227. The molecule has 3 nitrogen and oxygen atoms in total. The maximum absolute atomic E-state index is 11.1. The van der Waals surface area contributed by atoms with Crippen molar-refractivity contribution in [2.24, 2.45) is 0 Å². The average molecular weight is 327 g/mol. The number of rotatable bonds is 3. The van der Waals surface area contributed by atoms with E-state index in [2.05, 4.69) is 20.9 Å². The van der Waals surface area contributed by atoms with Gasteiger partial charge in [-0.05, 0) is 51.7 Å². The molecule has 5 heteroatoms. The summed E-state index contributed by atoms with van der Waals surface area (Å²) >= 11 is 9.06. The Hall–Kier alpha value is -1.39. The van der Waals surface area contributed by atoms with Crippen LogP contribution in [-0.4, -0.2) is 16.1 Å². The Morgan fingerprint density at radius 3 is 2.72 bits per heavy atom. The monoisotopic (exact) mass is 325 g/mol. The summed E-state index contributed by atoms with van der Waals surface area (Å²) in [7, 11) is 0. The molecular formula is C13H9BrClNO2. The van der Waals surface area contributed by atoms with Crippen molar-refractivity contribution in [3.05, 3.63) is 62.8 Å². The Morgan fingerprint density at radius 1 is 1.33 bits per heavy atom. The minimum atomic E-state index is -0.974. The van der Waals surface area contributed by atoms with Gasteiger partial charge >= 0.3 is 5.97 Å². The van der Waals surface area contributed by atoms with Gasteiger partial charge in [0.05, 0.1) is 5.56 Å². The lowest BCUT2D eigenvalue weighted by Gasteiger charge is -2.06. The number of aromatic nitrogens is 1. The minimum Gasteiger partial charge on any atom is -0.478 e. The summed E-state index contributed by atoms with van der Waals surface area (Å²) in [6.45, 7) is 0. The van der Waals surface area contributed by atoms with Gasteiger partial charge in [0.1, 0.15) is 4.60 Å². The van der Waals surface area contributed by atoms with Crippen LogP contribution in [0.3, 0.4) is 0 Å². The van der Waals surface area contributed by atoms with Crippen LogP contribution in [0.1, 0.15) is 21.5 Å². The molecule has 1 aromatic heterocycles. The fourth-order valence-corrected chi connectivity index (χ4v) is 2.04. The summed E-state index contributed by atoms with van der Waals surface area (Å²) < 4.78 is 0.751. The molecule has 1 N–H and O–H groups in total. The summed E-state index contributed by atoms with van der Waals surface area (Å²) in [6, 6.07) is 8.61. The lowest BCUT2D eigenvalue weighted by molar-refractivity contribution is 0.0696. The molecule has 0 fully saturated rings. The maximum Gasteiger partial charge on any atom is 0.336 e. The van der Waals surface area contributed by atoms with Gasteiger partial charge in [-0.25, -0.2) is 9.78 Å². The van der Waals surface area contributed by atoms with E-state index in [1.54, 1.807) is 18.3 Å². The predicted octanol–water partition coefficient (Wildman–Crippen LogP) is 3.79. The number of hydrogen-bond acceptors (Lipinski definition) is 2. The second-order valence-corrected chi connectivity index (χ2v) is 5.02. The molecule has 1 aromatic carbocycles. The molecule has 0 aliphatic carbocycles. The van der Waals surface area contributed by atoms with Gasteiger partial charge < -0.3 is 5.11 Å². The normalized spacial score (nSPS) is 10.3. The van der Waals surface area contributed by atoms with Crippen LogP contribution in [0.15, 0.2) is 41.1 Å². The fraction of sp³-hybridized carbons (Fsp3) is 0.0769. The molecule has 2 aromatic rings. The number of halogens is 2. The molecule has 0 amide bonds. The van der Waals surface area contributed by atoms with Crippen molar-refractivity contribution >= 4 is 33.5 Å². The highest BCUT2D eigenvalue weighted by Crippen LogP contribution is 2.19. The van der Waals surface area contributed by atoms with Crippen molar-refractivity contribution in [1.82, 2.24) is 4.98 Å². The number of carboxylic acids is 1. The zero-order valence-electron chi connectivity index (χ0n) is 9.23. The Morgan fingerprint density at radius 2 is 2.11 bits per heavy atom. The SMILES string of the molecule is O=C(O)c1cc(Cl)ccc1Cc1ccc(Br)nc1. The van der Waals surface area contributed by atoms with Crippen LogP contribution in [0.4, 0.5) is 0 Å². The first-order valence-electron chi connectivity index (χ1n) is 5.18. The zero-order chi connectivity index (χ0) is 13.1. The van der Waals surface area contributed by atoms with Gasteiger partial charge in [-0.15, -0.1) is 0 Å². The van der Waals surface area contributed by atoms with Crippen molar-refractivity contribution in [1.29, 1.82) is 0 Å². The summed E-state index contributed by atoms with van der Waals surface area (Å²) in [4.78, 5) is 15.2. The highest BCUT2D eigenvalue weighted by Gasteiger charge is 2.11. The van der Waals surface area contributed by atoms with Crippen molar-refractivity contribution in [2.45, 2.75) is 6.42 Å². The first-order chi connectivity index (χ1) is 8.56. The maximum atomic E-state index is 11.1. The van der Waals surface area contributed by atoms with Crippen molar-refractivity contribution in [3.8, 4) is 0 Å². The van der Waals surface area contributed by atoms with Crippen LogP contribution >= 0.6 is 27.5 Å². The molecule has 0 atom stereocenters. The third kappa shape index (κ3) is 3.09. The third-order valence-electron chi connectivity index (χ3n) is 2.49. The van der Waals surface area contributed by atoms with E-state index in [1.165, 1.54) is 6.07 Å². The van der Waals surface area contributed by atoms with Crippen molar-refractivity contribution < 1.29 is 9.90 Å². The summed E-state index contributed by atoms with van der Waals surface area (Å²) in [6.07, 6.45) is 2.23. The summed E-state index contributed by atoms with van der Waals surface area (Å²) in [5, 5.41) is 9.55. The van der Waals surface area contributed by atoms with Crippen LogP contribution in [0.2, 0.25) is 5.02 Å². The molecule has 0 aliphatic heterocycles. The standard InChI is InChI=1S/C13H9BrClNO2/c14-12-4-1-8(7-16-12)5-9-2-3-10(15)6-11(9)13(17)18/h1-4,6-7H,5H2,(H,17,18). The number of pyridine rings is 1. The number of carboxylic acid groups (broad SMARTS) is 1. The quantitative estimate of drug-likeness (QED) is 0.873. The van der Waals surface area contributed by atoms with Gasteiger partial charge in [0, 0.05) is 11.2 Å². The topological polar surface area (TPSA) is 50.2 Å². The Kier molecular flexibility index (Phi) is 3.99. The fourth-order valence-electron chi connectivity index (χ4n) is 1.63. The molecule has 1 heterocycles. The molecule has 0 aliphatic rings.